The second-order valence-electron chi connectivity index (χ2n) is 1.64. The fraction of sp³-hybridized carbons (Fsp3) is 1.00. The Morgan fingerprint density at radius 1 is 1.71 bits per heavy atom. The van der Waals surface area contributed by atoms with Gasteiger partial charge in [0.2, 0.25) is 0 Å². The molecule has 0 saturated heterocycles. The topological polar surface area (TPSA) is 32.3 Å². The number of aliphatic hydroxyl groups is 1. The van der Waals surface area contributed by atoms with Crippen LogP contribution in [0.2, 0.25) is 0 Å². The van der Waals surface area contributed by atoms with Crippen LogP contribution in [-0.4, -0.2) is 24.3 Å². The van der Waals surface area contributed by atoms with Gasteiger partial charge in [-0.15, -0.1) is 0 Å². The summed E-state index contributed by atoms with van der Waals surface area (Å²) in [6.45, 7) is 5.13. The molecule has 0 aliphatic rings. The summed E-state index contributed by atoms with van der Waals surface area (Å²) in [7, 11) is 0. The maximum absolute atomic E-state index is 8.40. The van der Waals surface area contributed by atoms with E-state index in [0.29, 0.717) is 0 Å². The second kappa shape index (κ2) is 4.09. The van der Waals surface area contributed by atoms with Gasteiger partial charge in [-0.1, -0.05) is 6.92 Å². The van der Waals surface area contributed by atoms with Gasteiger partial charge in [0.1, 0.15) is 0 Å². The molecule has 0 rings (SSSR count). The Labute approximate surface area is 44.5 Å². The SMILES string of the molecule is CCN[C@@H](C)CO. The second-order valence-corrected chi connectivity index (χ2v) is 1.64. The van der Waals surface area contributed by atoms with E-state index in [9.17, 15) is 0 Å². The third-order valence-corrected chi connectivity index (χ3v) is 0.826. The first-order chi connectivity index (χ1) is 3.31. The maximum Gasteiger partial charge on any atom is 0.0581 e. The summed E-state index contributed by atoms with van der Waals surface area (Å²) in [5.41, 5.74) is 0. The molecule has 0 aromatic carbocycles. The Hall–Kier alpha value is -0.0800. The van der Waals surface area contributed by atoms with E-state index in [1.807, 2.05) is 13.8 Å². The van der Waals surface area contributed by atoms with Gasteiger partial charge < -0.3 is 10.4 Å². The van der Waals surface area contributed by atoms with E-state index in [0.717, 1.165) is 6.54 Å². The van der Waals surface area contributed by atoms with Gasteiger partial charge in [-0.3, -0.25) is 0 Å². The molecule has 0 heterocycles. The van der Waals surface area contributed by atoms with Crippen molar-refractivity contribution in [2.75, 3.05) is 13.2 Å². The third kappa shape index (κ3) is 3.76. The highest BCUT2D eigenvalue weighted by Gasteiger charge is 1.91. The number of nitrogens with one attached hydrogen (secondary N) is 1. The van der Waals surface area contributed by atoms with Crippen LogP contribution in [0.3, 0.4) is 0 Å². The lowest BCUT2D eigenvalue weighted by Crippen LogP contribution is -2.28. The summed E-state index contributed by atoms with van der Waals surface area (Å²) in [6.07, 6.45) is 0. The molecule has 44 valence electrons. The summed E-state index contributed by atoms with van der Waals surface area (Å²) >= 11 is 0. The van der Waals surface area contributed by atoms with Gasteiger partial charge in [-0.05, 0) is 13.5 Å². The van der Waals surface area contributed by atoms with Gasteiger partial charge in [0.15, 0.2) is 0 Å². The molecule has 0 amide bonds. The zero-order valence-electron chi connectivity index (χ0n) is 4.94. The molecule has 0 aromatic rings. The molecule has 0 bridgehead atoms. The molecule has 2 heteroatoms. The number of aliphatic hydroxyl groups excluding tert-OH is 1. The van der Waals surface area contributed by atoms with Crippen molar-refractivity contribution in [2.24, 2.45) is 0 Å². The highest BCUT2D eigenvalue weighted by atomic mass is 16.3. The van der Waals surface area contributed by atoms with Crippen molar-refractivity contribution >= 4 is 0 Å². The van der Waals surface area contributed by atoms with Crippen LogP contribution < -0.4 is 5.32 Å². The molecule has 2 nitrogen and oxygen atoms in total. The van der Waals surface area contributed by atoms with Crippen molar-refractivity contribution in [3.63, 3.8) is 0 Å². The van der Waals surface area contributed by atoms with Crippen molar-refractivity contribution in [1.29, 1.82) is 0 Å². The molecule has 0 fully saturated rings. The van der Waals surface area contributed by atoms with E-state index in [1.54, 1.807) is 0 Å². The van der Waals surface area contributed by atoms with Gasteiger partial charge in [0.25, 0.3) is 0 Å². The van der Waals surface area contributed by atoms with Crippen LogP contribution in [-0.2, 0) is 0 Å². The summed E-state index contributed by atoms with van der Waals surface area (Å²) in [4.78, 5) is 0. The first-order valence-electron chi connectivity index (χ1n) is 2.65. The molecule has 7 heavy (non-hydrogen) atoms. The standard InChI is InChI=1S/C5H13NO/c1-3-6-5(2)4-7/h5-7H,3-4H2,1-2H3/t5-/m0/s1. The van der Waals surface area contributed by atoms with Crippen molar-refractivity contribution in [2.45, 2.75) is 19.9 Å². The molecule has 0 unspecified atom stereocenters. The Kier molecular flexibility index (Phi) is 4.04. The van der Waals surface area contributed by atoms with E-state index < -0.39 is 0 Å². The van der Waals surface area contributed by atoms with Gasteiger partial charge in [-0.25, -0.2) is 0 Å². The summed E-state index contributed by atoms with van der Waals surface area (Å²) in [5, 5.41) is 11.4. The molecule has 0 spiro atoms. The highest BCUT2D eigenvalue weighted by Crippen LogP contribution is 1.73. The normalized spacial score (nSPS) is 14.1. The quantitative estimate of drug-likeness (QED) is 0.526. The largest absolute Gasteiger partial charge is 0.395 e. The smallest absolute Gasteiger partial charge is 0.0581 e. The molecule has 1 atom stereocenters. The minimum absolute atomic E-state index is 0.230. The van der Waals surface area contributed by atoms with Gasteiger partial charge >= 0.3 is 0 Å². The van der Waals surface area contributed by atoms with Crippen LogP contribution in [0.25, 0.3) is 0 Å². The maximum atomic E-state index is 8.40. The fourth-order valence-electron chi connectivity index (χ4n) is 0.413. The van der Waals surface area contributed by atoms with E-state index in [2.05, 4.69) is 5.32 Å². The van der Waals surface area contributed by atoms with Crippen LogP contribution in [0.5, 0.6) is 0 Å². The van der Waals surface area contributed by atoms with Crippen molar-refractivity contribution in [1.82, 2.24) is 5.32 Å². The zero-order chi connectivity index (χ0) is 5.70. The molecule has 0 aliphatic carbocycles. The summed E-state index contributed by atoms with van der Waals surface area (Å²) in [6, 6.07) is 0.255. The molecular formula is C5H13NO. The minimum atomic E-state index is 0.230. The Balaban J connectivity index is 2.83. The van der Waals surface area contributed by atoms with E-state index in [-0.39, 0.29) is 12.6 Å². The lowest BCUT2D eigenvalue weighted by Gasteiger charge is -2.05. The predicted molar refractivity (Wildman–Crippen MR) is 30.2 cm³/mol. The third-order valence-electron chi connectivity index (χ3n) is 0.826. The van der Waals surface area contributed by atoms with Crippen molar-refractivity contribution < 1.29 is 5.11 Å². The van der Waals surface area contributed by atoms with Gasteiger partial charge in [-0.2, -0.15) is 0 Å². The van der Waals surface area contributed by atoms with Crippen LogP contribution in [0.1, 0.15) is 13.8 Å². The minimum Gasteiger partial charge on any atom is -0.395 e. The summed E-state index contributed by atoms with van der Waals surface area (Å²) < 4.78 is 0. The Bertz CT molecular complexity index is 39.1. The fourth-order valence-corrected chi connectivity index (χ4v) is 0.413. The van der Waals surface area contributed by atoms with Crippen LogP contribution in [0, 0.1) is 0 Å². The van der Waals surface area contributed by atoms with E-state index in [1.165, 1.54) is 0 Å². The highest BCUT2D eigenvalue weighted by molar-refractivity contribution is 4.53. The van der Waals surface area contributed by atoms with Crippen LogP contribution in [0.15, 0.2) is 0 Å². The molecule has 0 aliphatic heterocycles. The number of hydrogen-bond acceptors (Lipinski definition) is 2. The first-order valence-corrected chi connectivity index (χ1v) is 2.65. The first kappa shape index (κ1) is 6.92. The Morgan fingerprint density at radius 2 is 2.29 bits per heavy atom. The molecule has 0 saturated carbocycles. The molecule has 0 aromatic heterocycles. The number of rotatable bonds is 3. The summed E-state index contributed by atoms with van der Waals surface area (Å²) in [5.74, 6) is 0. The van der Waals surface area contributed by atoms with Crippen LogP contribution >= 0.6 is 0 Å². The molecular weight excluding hydrogens is 90.1 g/mol. The van der Waals surface area contributed by atoms with Crippen molar-refractivity contribution in [3.8, 4) is 0 Å². The van der Waals surface area contributed by atoms with Gasteiger partial charge in [0, 0.05) is 6.04 Å². The average Bonchev–Trinajstić information content (AvgIpc) is 1.68. The van der Waals surface area contributed by atoms with Crippen LogP contribution in [0.4, 0.5) is 0 Å². The predicted octanol–water partition coefficient (Wildman–Crippen LogP) is -0.0233. The average molecular weight is 103 g/mol. The van der Waals surface area contributed by atoms with Crippen molar-refractivity contribution in [3.05, 3.63) is 0 Å². The zero-order valence-corrected chi connectivity index (χ0v) is 4.94. The lowest BCUT2D eigenvalue weighted by molar-refractivity contribution is 0.253. The number of likely N-dealkylation sites (N-methyl/N-ethyl adjacent to an activating group) is 1. The van der Waals surface area contributed by atoms with E-state index >= 15 is 0 Å². The monoisotopic (exact) mass is 103 g/mol. The molecule has 0 radical (unpaired) electrons. The Morgan fingerprint density at radius 3 is 2.43 bits per heavy atom. The molecule has 2 N–H and O–H groups in total. The number of hydrogen-bond donors (Lipinski definition) is 2. The lowest BCUT2D eigenvalue weighted by atomic mass is 10.4. The van der Waals surface area contributed by atoms with Gasteiger partial charge in [0.05, 0.1) is 6.61 Å². The van der Waals surface area contributed by atoms with E-state index in [4.69, 9.17) is 5.11 Å².